The van der Waals surface area contributed by atoms with E-state index in [-0.39, 0.29) is 0 Å². The van der Waals surface area contributed by atoms with Crippen molar-refractivity contribution in [3.63, 3.8) is 0 Å². The summed E-state index contributed by atoms with van der Waals surface area (Å²) in [5.41, 5.74) is 0. The van der Waals surface area contributed by atoms with Crippen LogP contribution in [0.5, 0.6) is 0 Å². The van der Waals surface area contributed by atoms with Gasteiger partial charge in [-0.1, -0.05) is 12.1 Å². The molecule has 2 unspecified atom stereocenters. The van der Waals surface area contributed by atoms with Crippen LogP contribution in [0.25, 0.3) is 0 Å². The Morgan fingerprint density at radius 1 is 1.50 bits per heavy atom. The van der Waals surface area contributed by atoms with Gasteiger partial charge >= 0.3 is 0 Å². The molecule has 1 N–H and O–H groups in total. The molecule has 2 saturated heterocycles. The number of hydrogen-bond acceptors (Lipinski definition) is 6. The van der Waals surface area contributed by atoms with Gasteiger partial charge in [0.15, 0.2) is 5.82 Å². The number of hydrogen-bond donors (Lipinski definition) is 1. The lowest BCUT2D eigenvalue weighted by molar-refractivity contribution is 0.244. The molecule has 18 heavy (non-hydrogen) atoms. The van der Waals surface area contributed by atoms with Crippen LogP contribution in [0.4, 0.5) is 0 Å². The van der Waals surface area contributed by atoms with Crippen molar-refractivity contribution in [1.29, 1.82) is 0 Å². The summed E-state index contributed by atoms with van der Waals surface area (Å²) >= 11 is 1.97. The number of nitrogens with zero attached hydrogens (tertiary/aromatic N) is 3. The van der Waals surface area contributed by atoms with E-state index in [1.165, 1.54) is 5.75 Å². The predicted octanol–water partition coefficient (Wildman–Crippen LogP) is 1.11. The van der Waals surface area contributed by atoms with Crippen molar-refractivity contribution in [2.75, 3.05) is 38.2 Å². The highest BCUT2D eigenvalue weighted by molar-refractivity contribution is 7.99. The first kappa shape index (κ1) is 12.4. The molecular formula is C12H20N4OS. The van der Waals surface area contributed by atoms with Gasteiger partial charge in [-0.3, -0.25) is 4.90 Å². The minimum Gasteiger partial charge on any atom is -0.339 e. The molecule has 1 aromatic heterocycles. The van der Waals surface area contributed by atoms with Crippen molar-refractivity contribution < 1.29 is 4.52 Å². The van der Waals surface area contributed by atoms with Gasteiger partial charge in [0.2, 0.25) is 5.89 Å². The minimum atomic E-state index is 0.313. The molecule has 0 aromatic carbocycles. The zero-order chi connectivity index (χ0) is 12.5. The van der Waals surface area contributed by atoms with Crippen LogP contribution in [-0.4, -0.2) is 53.2 Å². The summed E-state index contributed by atoms with van der Waals surface area (Å²) in [6.07, 6.45) is 0. The van der Waals surface area contributed by atoms with E-state index in [2.05, 4.69) is 34.3 Å². The Hall–Kier alpha value is -0.590. The summed E-state index contributed by atoms with van der Waals surface area (Å²) < 4.78 is 5.46. The summed E-state index contributed by atoms with van der Waals surface area (Å²) in [7, 11) is 2.14. The second-order valence-corrected chi connectivity index (χ2v) is 6.42. The average molecular weight is 268 g/mol. The Morgan fingerprint density at radius 3 is 3.00 bits per heavy atom. The van der Waals surface area contributed by atoms with Crippen LogP contribution in [0.2, 0.25) is 0 Å². The van der Waals surface area contributed by atoms with Crippen LogP contribution in [0.1, 0.15) is 30.6 Å². The molecule has 2 aliphatic rings. The van der Waals surface area contributed by atoms with E-state index in [1.54, 1.807) is 0 Å². The highest BCUT2D eigenvalue weighted by atomic mass is 32.2. The molecule has 3 rings (SSSR count). The van der Waals surface area contributed by atoms with Gasteiger partial charge in [0.05, 0.1) is 6.04 Å². The zero-order valence-electron chi connectivity index (χ0n) is 10.9. The van der Waals surface area contributed by atoms with E-state index in [0.717, 1.165) is 37.1 Å². The first-order valence-corrected chi connectivity index (χ1v) is 7.73. The second kappa shape index (κ2) is 5.19. The average Bonchev–Trinajstić information content (AvgIpc) is 2.76. The molecular weight excluding hydrogens is 248 g/mol. The number of aromatic nitrogens is 2. The van der Waals surface area contributed by atoms with Gasteiger partial charge in [0.25, 0.3) is 0 Å². The zero-order valence-corrected chi connectivity index (χ0v) is 11.7. The summed E-state index contributed by atoms with van der Waals surface area (Å²) in [6.45, 7) is 5.42. The predicted molar refractivity (Wildman–Crippen MR) is 71.8 cm³/mol. The Balaban J connectivity index is 1.71. The van der Waals surface area contributed by atoms with Gasteiger partial charge in [-0.2, -0.15) is 16.7 Å². The number of rotatable bonds is 3. The van der Waals surface area contributed by atoms with E-state index in [4.69, 9.17) is 4.52 Å². The molecule has 3 heterocycles. The van der Waals surface area contributed by atoms with E-state index < -0.39 is 0 Å². The maximum Gasteiger partial charge on any atom is 0.229 e. The molecule has 6 heteroatoms. The van der Waals surface area contributed by atoms with Gasteiger partial charge in [-0.25, -0.2) is 0 Å². The normalized spacial score (nSPS) is 28.0. The van der Waals surface area contributed by atoms with Gasteiger partial charge in [0.1, 0.15) is 0 Å². The first-order valence-electron chi connectivity index (χ1n) is 6.58. The first-order chi connectivity index (χ1) is 8.75. The number of thioether (sulfide) groups is 1. The van der Waals surface area contributed by atoms with Crippen molar-refractivity contribution in [3.05, 3.63) is 11.7 Å². The molecule has 0 bridgehead atoms. The molecule has 2 aliphatic heterocycles. The topological polar surface area (TPSA) is 54.2 Å². The fraction of sp³-hybridized carbons (Fsp3) is 0.833. The molecule has 2 fully saturated rings. The van der Waals surface area contributed by atoms with E-state index in [0.29, 0.717) is 17.9 Å². The molecule has 0 spiro atoms. The highest BCUT2D eigenvalue weighted by Crippen LogP contribution is 2.30. The molecule has 0 aliphatic carbocycles. The van der Waals surface area contributed by atoms with Crippen LogP contribution < -0.4 is 5.32 Å². The van der Waals surface area contributed by atoms with Crippen molar-refractivity contribution in [2.45, 2.75) is 18.9 Å². The monoisotopic (exact) mass is 268 g/mol. The third kappa shape index (κ3) is 2.29. The van der Waals surface area contributed by atoms with Gasteiger partial charge in [-0.15, -0.1) is 0 Å². The lowest BCUT2D eigenvalue weighted by Crippen LogP contribution is -2.44. The Morgan fingerprint density at radius 2 is 2.33 bits per heavy atom. The van der Waals surface area contributed by atoms with Crippen LogP contribution in [-0.2, 0) is 0 Å². The Kier molecular flexibility index (Phi) is 3.59. The summed E-state index contributed by atoms with van der Waals surface area (Å²) in [5, 5.41) is 7.48. The van der Waals surface area contributed by atoms with Gasteiger partial charge in [-0.05, 0) is 26.1 Å². The third-order valence-corrected chi connectivity index (χ3v) is 5.08. The highest BCUT2D eigenvalue weighted by Gasteiger charge is 2.31. The third-order valence-electron chi connectivity index (χ3n) is 4.06. The van der Waals surface area contributed by atoms with Crippen LogP contribution in [0.3, 0.4) is 0 Å². The van der Waals surface area contributed by atoms with Crippen molar-refractivity contribution in [1.82, 2.24) is 20.4 Å². The number of nitrogens with one attached hydrogen (secondary N) is 1. The fourth-order valence-electron chi connectivity index (χ4n) is 2.39. The van der Waals surface area contributed by atoms with E-state index in [1.807, 2.05) is 11.8 Å². The van der Waals surface area contributed by atoms with E-state index in [9.17, 15) is 0 Å². The fourth-order valence-corrected chi connectivity index (χ4v) is 3.60. The molecule has 0 saturated carbocycles. The molecule has 1 aromatic rings. The van der Waals surface area contributed by atoms with Crippen LogP contribution in [0.15, 0.2) is 4.52 Å². The standard InChI is InChI=1S/C12H20N4OS/c1-8(9-5-13-6-9)12-14-11(15-17-12)10-7-18-4-3-16(10)2/h8-10,13H,3-7H2,1-2H3. The minimum absolute atomic E-state index is 0.313. The lowest BCUT2D eigenvalue weighted by Gasteiger charge is -2.30. The van der Waals surface area contributed by atoms with Crippen molar-refractivity contribution >= 4 is 11.8 Å². The Bertz CT molecular complexity index is 407. The van der Waals surface area contributed by atoms with Gasteiger partial charge in [0, 0.05) is 24.0 Å². The molecule has 2 atom stereocenters. The second-order valence-electron chi connectivity index (χ2n) is 5.27. The molecule has 0 amide bonds. The summed E-state index contributed by atoms with van der Waals surface area (Å²) in [6, 6.07) is 0.313. The van der Waals surface area contributed by atoms with E-state index >= 15 is 0 Å². The molecule has 100 valence electrons. The summed E-state index contributed by atoms with van der Waals surface area (Å²) in [5.74, 6) is 4.95. The maximum atomic E-state index is 5.46. The van der Waals surface area contributed by atoms with Crippen LogP contribution in [0, 0.1) is 5.92 Å². The SMILES string of the molecule is CC(c1nc(C2CSCCN2C)no1)C1CNC1. The summed E-state index contributed by atoms with van der Waals surface area (Å²) in [4.78, 5) is 6.95. The maximum absolute atomic E-state index is 5.46. The quantitative estimate of drug-likeness (QED) is 0.886. The smallest absolute Gasteiger partial charge is 0.229 e. The largest absolute Gasteiger partial charge is 0.339 e. The van der Waals surface area contributed by atoms with Crippen molar-refractivity contribution in [2.24, 2.45) is 5.92 Å². The Labute approximate surface area is 112 Å². The molecule has 0 radical (unpaired) electrons. The lowest BCUT2D eigenvalue weighted by atomic mass is 9.89. The van der Waals surface area contributed by atoms with Crippen molar-refractivity contribution in [3.8, 4) is 0 Å². The molecule has 5 nitrogen and oxygen atoms in total. The van der Waals surface area contributed by atoms with Crippen LogP contribution >= 0.6 is 11.8 Å². The van der Waals surface area contributed by atoms with Gasteiger partial charge < -0.3 is 9.84 Å².